The molecule has 31 heavy (non-hydrogen) atoms. The van der Waals surface area contributed by atoms with Gasteiger partial charge >= 0.3 is 0 Å². The van der Waals surface area contributed by atoms with Gasteiger partial charge in [-0.2, -0.15) is 0 Å². The molecule has 0 radical (unpaired) electrons. The fourth-order valence-corrected chi connectivity index (χ4v) is 5.34. The number of carbonyl (C=O) groups excluding carboxylic acids is 2. The van der Waals surface area contributed by atoms with Crippen molar-refractivity contribution in [3.63, 3.8) is 0 Å². The zero-order valence-electron chi connectivity index (χ0n) is 17.8. The van der Waals surface area contributed by atoms with E-state index in [9.17, 15) is 14.7 Å². The van der Waals surface area contributed by atoms with Crippen molar-refractivity contribution < 1.29 is 24.2 Å². The van der Waals surface area contributed by atoms with Gasteiger partial charge in [0.15, 0.2) is 0 Å². The van der Waals surface area contributed by atoms with Crippen LogP contribution >= 0.6 is 11.3 Å². The molecule has 1 N–H and O–H groups in total. The number of aliphatic hydroxyl groups excluding tert-OH is 1. The molecule has 0 spiro atoms. The Morgan fingerprint density at radius 1 is 1.13 bits per heavy atom. The molecule has 1 saturated heterocycles. The lowest BCUT2D eigenvalue weighted by atomic mass is 9.98. The summed E-state index contributed by atoms with van der Waals surface area (Å²) in [5, 5.41) is 13.3. The van der Waals surface area contributed by atoms with Crippen LogP contribution in [-0.4, -0.2) is 41.0 Å². The maximum absolute atomic E-state index is 13.2. The van der Waals surface area contributed by atoms with E-state index >= 15 is 0 Å². The smallest absolute Gasteiger partial charge is 0.295 e. The van der Waals surface area contributed by atoms with Gasteiger partial charge in [-0.15, -0.1) is 11.3 Å². The number of carbonyl (C=O) groups is 2. The largest absolute Gasteiger partial charge is 0.507 e. The zero-order valence-corrected chi connectivity index (χ0v) is 18.6. The molecule has 0 bridgehead atoms. The van der Waals surface area contributed by atoms with Gasteiger partial charge in [-0.3, -0.25) is 9.59 Å². The maximum Gasteiger partial charge on any atom is 0.295 e. The Bertz CT molecular complexity index is 991. The number of rotatable bonds is 7. The minimum absolute atomic E-state index is 0.0144. The number of ketones is 1. The molecule has 1 aromatic heterocycles. The van der Waals surface area contributed by atoms with E-state index in [4.69, 9.17) is 9.47 Å². The first-order valence-electron chi connectivity index (χ1n) is 10.8. The average molecular weight is 442 g/mol. The molecule has 2 aliphatic rings. The summed E-state index contributed by atoms with van der Waals surface area (Å²) in [4.78, 5) is 28.8. The Kier molecular flexibility index (Phi) is 6.32. The van der Waals surface area contributed by atoms with E-state index in [1.807, 2.05) is 31.4 Å². The van der Waals surface area contributed by atoms with Crippen molar-refractivity contribution in [2.45, 2.75) is 51.6 Å². The SMILES string of the molecule is CCOc1ccc(/C(O)=C2/C(=O)C(=O)N(C3CCCC3)C2c2cccs2)c(OCC)c1. The number of benzene rings is 1. The Hall–Kier alpha value is -2.80. The second kappa shape index (κ2) is 9.14. The number of Topliss-reactive ketones (excluding diaryl/α,β-unsaturated/α-hetero) is 1. The number of thiophene rings is 1. The lowest BCUT2D eigenvalue weighted by Crippen LogP contribution is -2.37. The van der Waals surface area contributed by atoms with Gasteiger partial charge in [0, 0.05) is 17.0 Å². The third-order valence-corrected chi connectivity index (χ3v) is 6.75. The number of hydrogen-bond acceptors (Lipinski definition) is 6. The molecule has 2 aromatic rings. The number of aliphatic hydroxyl groups is 1. The highest BCUT2D eigenvalue weighted by molar-refractivity contribution is 7.10. The fourth-order valence-electron chi connectivity index (χ4n) is 4.51. The third kappa shape index (κ3) is 3.94. The van der Waals surface area contributed by atoms with Crippen LogP contribution in [0.5, 0.6) is 11.5 Å². The maximum atomic E-state index is 13.2. The molecular weight excluding hydrogens is 414 g/mol. The molecule has 7 heteroatoms. The van der Waals surface area contributed by atoms with Gasteiger partial charge in [-0.25, -0.2) is 0 Å². The topological polar surface area (TPSA) is 76.1 Å². The summed E-state index contributed by atoms with van der Waals surface area (Å²) in [6.45, 7) is 4.63. The van der Waals surface area contributed by atoms with Crippen molar-refractivity contribution in [3.05, 3.63) is 51.7 Å². The third-order valence-electron chi connectivity index (χ3n) is 5.83. The molecule has 1 unspecified atom stereocenters. The summed E-state index contributed by atoms with van der Waals surface area (Å²) in [6, 6.07) is 8.36. The molecule has 164 valence electrons. The fraction of sp³-hybridized carbons (Fsp3) is 0.417. The lowest BCUT2D eigenvalue weighted by Gasteiger charge is -2.29. The van der Waals surface area contributed by atoms with Crippen molar-refractivity contribution in [2.24, 2.45) is 0 Å². The van der Waals surface area contributed by atoms with Crippen LogP contribution in [-0.2, 0) is 9.59 Å². The van der Waals surface area contributed by atoms with Gasteiger partial charge in [-0.1, -0.05) is 18.9 Å². The number of likely N-dealkylation sites (tertiary alicyclic amines) is 1. The highest BCUT2D eigenvalue weighted by Crippen LogP contribution is 2.45. The number of nitrogens with zero attached hydrogens (tertiary/aromatic N) is 1. The number of hydrogen-bond donors (Lipinski definition) is 1. The van der Waals surface area contributed by atoms with Crippen LogP contribution in [0, 0.1) is 0 Å². The monoisotopic (exact) mass is 441 g/mol. The Balaban J connectivity index is 1.85. The minimum atomic E-state index is -0.640. The molecular formula is C24H27NO5S. The molecule has 1 saturated carbocycles. The molecule has 4 rings (SSSR count). The van der Waals surface area contributed by atoms with Gasteiger partial charge in [0.05, 0.1) is 30.4 Å². The van der Waals surface area contributed by atoms with Crippen molar-refractivity contribution >= 4 is 28.8 Å². The first-order valence-corrected chi connectivity index (χ1v) is 11.7. The molecule has 1 amide bonds. The number of ether oxygens (including phenoxy) is 2. The lowest BCUT2D eigenvalue weighted by molar-refractivity contribution is -0.141. The van der Waals surface area contributed by atoms with E-state index in [1.54, 1.807) is 23.1 Å². The van der Waals surface area contributed by atoms with Crippen molar-refractivity contribution in [2.75, 3.05) is 13.2 Å². The standard InChI is InChI=1S/C24H27NO5S/c1-3-29-16-11-12-17(18(14-16)30-4-2)22(26)20-21(19-10-7-13-31-19)25(24(28)23(20)27)15-8-5-6-9-15/h7,10-15,21,26H,3-6,8-9H2,1-2H3/b22-20-. The second-order valence-corrected chi connectivity index (χ2v) is 8.66. The average Bonchev–Trinajstić information content (AvgIpc) is 3.51. The second-order valence-electron chi connectivity index (χ2n) is 7.68. The van der Waals surface area contributed by atoms with Crippen LogP contribution in [0.3, 0.4) is 0 Å². The van der Waals surface area contributed by atoms with Gasteiger partial charge < -0.3 is 19.5 Å². The summed E-state index contributed by atoms with van der Waals surface area (Å²) in [7, 11) is 0. The van der Waals surface area contributed by atoms with E-state index in [0.29, 0.717) is 30.3 Å². The van der Waals surface area contributed by atoms with Gasteiger partial charge in [0.1, 0.15) is 17.3 Å². The van der Waals surface area contributed by atoms with Gasteiger partial charge in [0.25, 0.3) is 11.7 Å². The van der Waals surface area contributed by atoms with E-state index in [0.717, 1.165) is 30.6 Å². The molecule has 1 atom stereocenters. The predicted octanol–water partition coefficient (Wildman–Crippen LogP) is 4.91. The molecule has 2 heterocycles. The normalized spacial score (nSPS) is 21.1. The van der Waals surface area contributed by atoms with E-state index in [2.05, 4.69) is 0 Å². The molecule has 1 aromatic carbocycles. The first kappa shape index (κ1) is 21.4. The van der Waals surface area contributed by atoms with Crippen LogP contribution in [0.4, 0.5) is 0 Å². The van der Waals surface area contributed by atoms with Crippen LogP contribution in [0.1, 0.15) is 56.0 Å². The Morgan fingerprint density at radius 3 is 2.52 bits per heavy atom. The zero-order chi connectivity index (χ0) is 22.0. The minimum Gasteiger partial charge on any atom is -0.507 e. The quantitative estimate of drug-likeness (QED) is 0.375. The van der Waals surface area contributed by atoms with E-state index in [1.165, 1.54) is 11.3 Å². The summed E-state index contributed by atoms with van der Waals surface area (Å²) >= 11 is 1.48. The van der Waals surface area contributed by atoms with Crippen LogP contribution in [0.2, 0.25) is 0 Å². The van der Waals surface area contributed by atoms with Crippen LogP contribution in [0.15, 0.2) is 41.3 Å². The van der Waals surface area contributed by atoms with E-state index in [-0.39, 0.29) is 17.4 Å². The summed E-state index contributed by atoms with van der Waals surface area (Å²) in [5.41, 5.74) is 0.515. The Morgan fingerprint density at radius 2 is 1.87 bits per heavy atom. The summed E-state index contributed by atoms with van der Waals surface area (Å²) in [6.07, 6.45) is 3.83. The highest BCUT2D eigenvalue weighted by Gasteiger charge is 2.49. The van der Waals surface area contributed by atoms with Gasteiger partial charge in [-0.05, 0) is 50.3 Å². The summed E-state index contributed by atoms with van der Waals surface area (Å²) in [5.74, 6) is -0.342. The molecule has 1 aliphatic heterocycles. The molecule has 6 nitrogen and oxygen atoms in total. The van der Waals surface area contributed by atoms with Crippen molar-refractivity contribution in [1.82, 2.24) is 4.90 Å². The number of amides is 1. The highest BCUT2D eigenvalue weighted by atomic mass is 32.1. The molecule has 1 aliphatic carbocycles. The van der Waals surface area contributed by atoms with Crippen molar-refractivity contribution in [1.29, 1.82) is 0 Å². The van der Waals surface area contributed by atoms with E-state index < -0.39 is 17.7 Å². The van der Waals surface area contributed by atoms with Crippen molar-refractivity contribution in [3.8, 4) is 11.5 Å². The Labute approximate surface area is 186 Å². The predicted molar refractivity (Wildman–Crippen MR) is 119 cm³/mol. The van der Waals surface area contributed by atoms with Crippen LogP contribution < -0.4 is 9.47 Å². The summed E-state index contributed by atoms with van der Waals surface area (Å²) < 4.78 is 11.3. The van der Waals surface area contributed by atoms with Gasteiger partial charge in [0.2, 0.25) is 0 Å². The molecule has 2 fully saturated rings. The van der Waals surface area contributed by atoms with Crippen LogP contribution in [0.25, 0.3) is 5.76 Å². The first-order chi connectivity index (χ1) is 15.1.